The van der Waals surface area contributed by atoms with Crippen LogP contribution in [0.25, 0.3) is 0 Å². The van der Waals surface area contributed by atoms with Crippen molar-refractivity contribution in [1.29, 1.82) is 0 Å². The zero-order valence-corrected chi connectivity index (χ0v) is 18.9. The average Bonchev–Trinajstić information content (AvgIpc) is 2.68. The van der Waals surface area contributed by atoms with Gasteiger partial charge in [-0.15, -0.1) is 0 Å². The third-order valence-corrected chi connectivity index (χ3v) is 5.88. The fourth-order valence-electron chi connectivity index (χ4n) is 2.44. The van der Waals surface area contributed by atoms with Gasteiger partial charge in [-0.1, -0.05) is 87.1 Å². The molecule has 0 bridgehead atoms. The molecule has 8 heteroatoms. The summed E-state index contributed by atoms with van der Waals surface area (Å²) < 4.78 is 62.8. The Kier molecular flexibility index (Phi) is 8.20. The van der Waals surface area contributed by atoms with Crippen LogP contribution in [0.3, 0.4) is 0 Å². The second-order valence-electron chi connectivity index (χ2n) is 7.46. The molecule has 0 unspecified atom stereocenters. The number of rotatable bonds is 4. The van der Waals surface area contributed by atoms with Crippen LogP contribution in [0.5, 0.6) is 5.75 Å². The van der Waals surface area contributed by atoms with E-state index in [0.717, 1.165) is 0 Å². The van der Waals surface area contributed by atoms with Crippen LogP contribution in [0, 0.1) is 0 Å². The molecule has 3 aromatic carbocycles. The highest BCUT2D eigenvalue weighted by Crippen LogP contribution is 2.34. The Labute approximate surface area is 185 Å². The summed E-state index contributed by atoms with van der Waals surface area (Å²) >= 11 is 1.79. The lowest BCUT2D eigenvalue weighted by molar-refractivity contribution is -0.0500. The third kappa shape index (κ3) is 7.63. The van der Waals surface area contributed by atoms with E-state index in [1.54, 1.807) is 38.6 Å². The molecule has 31 heavy (non-hydrogen) atoms. The van der Waals surface area contributed by atoms with Gasteiger partial charge in [0.15, 0.2) is 0 Å². The minimum atomic E-state index is -5.63. The largest absolute Gasteiger partial charge is 0.534 e. The number of benzene rings is 3. The fraction of sp³-hybridized carbons (Fsp3) is 0.217. The first kappa shape index (κ1) is 24.8. The molecule has 3 aromatic rings. The number of alkyl halides is 3. The molecule has 0 atom stereocenters. The number of halogens is 3. The SMILES string of the molecule is CC(C)(C)c1ccccc1OS(=O)(=O)C(F)(F)F.c1ccc(Sc2ccccc2)cc1. The van der Waals surface area contributed by atoms with Crippen molar-refractivity contribution in [3.8, 4) is 5.75 Å². The summed E-state index contributed by atoms with van der Waals surface area (Å²) in [6.07, 6.45) is 0. The standard InChI is InChI=1S/C12H10S.C11H13F3O3S/c1-3-7-11(8-4-1)13-12-9-5-2-6-10-12;1-10(2,3)8-6-4-5-7-9(8)17-18(15,16)11(12,13)14/h1-10H;4-7H,1-3H3. The summed E-state index contributed by atoms with van der Waals surface area (Å²) in [6, 6.07) is 26.6. The van der Waals surface area contributed by atoms with Gasteiger partial charge in [0.05, 0.1) is 0 Å². The van der Waals surface area contributed by atoms with Crippen LogP contribution in [0.4, 0.5) is 13.2 Å². The highest BCUT2D eigenvalue weighted by Gasteiger charge is 2.49. The van der Waals surface area contributed by atoms with Crippen LogP contribution in [-0.4, -0.2) is 13.9 Å². The molecule has 0 spiro atoms. The summed E-state index contributed by atoms with van der Waals surface area (Å²) in [6.45, 7) is 5.24. The van der Waals surface area contributed by atoms with Crippen LogP contribution in [0.1, 0.15) is 26.3 Å². The Morgan fingerprint density at radius 2 is 1.13 bits per heavy atom. The molecule has 0 heterocycles. The quantitative estimate of drug-likeness (QED) is 0.304. The molecule has 0 saturated heterocycles. The van der Waals surface area contributed by atoms with Crippen molar-refractivity contribution in [1.82, 2.24) is 0 Å². The first-order valence-electron chi connectivity index (χ1n) is 9.28. The van der Waals surface area contributed by atoms with Gasteiger partial charge < -0.3 is 4.18 Å². The molecule has 0 aliphatic rings. The van der Waals surface area contributed by atoms with E-state index in [2.05, 4.69) is 52.7 Å². The summed E-state index contributed by atoms with van der Waals surface area (Å²) in [5, 5.41) is 0. The van der Waals surface area contributed by atoms with Gasteiger partial charge in [-0.2, -0.15) is 21.6 Å². The van der Waals surface area contributed by atoms with Gasteiger partial charge in [0, 0.05) is 15.4 Å². The van der Waals surface area contributed by atoms with E-state index in [-0.39, 0.29) is 5.75 Å². The first-order valence-corrected chi connectivity index (χ1v) is 11.5. The highest BCUT2D eigenvalue weighted by molar-refractivity contribution is 7.99. The fourth-order valence-corrected chi connectivity index (χ4v) is 3.77. The van der Waals surface area contributed by atoms with Crippen LogP contribution < -0.4 is 4.18 Å². The van der Waals surface area contributed by atoms with Crippen molar-refractivity contribution in [3.63, 3.8) is 0 Å². The van der Waals surface area contributed by atoms with Gasteiger partial charge in [0.25, 0.3) is 0 Å². The van der Waals surface area contributed by atoms with Gasteiger partial charge in [0.2, 0.25) is 0 Å². The lowest BCUT2D eigenvalue weighted by Gasteiger charge is -2.22. The average molecular weight is 469 g/mol. The van der Waals surface area contributed by atoms with Crippen LogP contribution in [0.15, 0.2) is 94.7 Å². The minimum Gasteiger partial charge on any atom is -0.376 e. The summed E-state index contributed by atoms with van der Waals surface area (Å²) in [5.41, 5.74) is -5.58. The van der Waals surface area contributed by atoms with Crippen molar-refractivity contribution in [2.24, 2.45) is 0 Å². The van der Waals surface area contributed by atoms with Crippen LogP contribution in [0.2, 0.25) is 0 Å². The normalized spacial score (nSPS) is 11.9. The predicted molar refractivity (Wildman–Crippen MR) is 118 cm³/mol. The minimum absolute atomic E-state index is 0.303. The van der Waals surface area contributed by atoms with Gasteiger partial charge in [-0.05, 0) is 35.7 Å². The second kappa shape index (κ2) is 10.2. The molecule has 3 nitrogen and oxygen atoms in total. The van der Waals surface area contributed by atoms with E-state index in [0.29, 0.717) is 5.56 Å². The summed E-state index contributed by atoms with van der Waals surface area (Å²) in [7, 11) is -5.63. The zero-order chi connectivity index (χ0) is 23.1. The van der Waals surface area contributed by atoms with Crippen molar-refractivity contribution in [2.45, 2.75) is 41.5 Å². The molecule has 0 saturated carbocycles. The second-order valence-corrected chi connectivity index (χ2v) is 10.1. The van der Waals surface area contributed by atoms with E-state index < -0.39 is 21.0 Å². The van der Waals surface area contributed by atoms with Gasteiger partial charge in [0.1, 0.15) is 5.75 Å². The zero-order valence-electron chi connectivity index (χ0n) is 17.3. The van der Waals surface area contributed by atoms with Crippen LogP contribution in [-0.2, 0) is 15.5 Å². The molecule has 0 aliphatic heterocycles. The molecular formula is C23H23F3O3S2. The maximum atomic E-state index is 12.2. The van der Waals surface area contributed by atoms with Crippen molar-refractivity contribution < 1.29 is 25.8 Å². The third-order valence-electron chi connectivity index (χ3n) is 3.90. The van der Waals surface area contributed by atoms with E-state index >= 15 is 0 Å². The first-order chi connectivity index (χ1) is 14.4. The Morgan fingerprint density at radius 1 is 0.710 bits per heavy atom. The smallest absolute Gasteiger partial charge is 0.376 e. The van der Waals surface area contributed by atoms with Gasteiger partial charge in [-0.25, -0.2) is 0 Å². The topological polar surface area (TPSA) is 43.4 Å². The molecule has 166 valence electrons. The Balaban J connectivity index is 0.000000231. The van der Waals surface area contributed by atoms with E-state index in [1.807, 2.05) is 12.1 Å². The van der Waals surface area contributed by atoms with E-state index in [1.165, 1.54) is 28.0 Å². The van der Waals surface area contributed by atoms with E-state index in [4.69, 9.17) is 0 Å². The molecule has 0 aromatic heterocycles. The van der Waals surface area contributed by atoms with E-state index in [9.17, 15) is 21.6 Å². The van der Waals surface area contributed by atoms with Gasteiger partial charge in [-0.3, -0.25) is 0 Å². The molecule has 0 N–H and O–H groups in total. The predicted octanol–water partition coefficient (Wildman–Crippen LogP) is 7.05. The lowest BCUT2D eigenvalue weighted by atomic mass is 9.86. The number of para-hydroxylation sites is 1. The number of hydrogen-bond donors (Lipinski definition) is 0. The molecule has 0 fully saturated rings. The number of hydrogen-bond acceptors (Lipinski definition) is 4. The molecule has 3 rings (SSSR count). The van der Waals surface area contributed by atoms with Crippen molar-refractivity contribution in [3.05, 3.63) is 90.5 Å². The monoisotopic (exact) mass is 468 g/mol. The Morgan fingerprint density at radius 3 is 1.55 bits per heavy atom. The Bertz CT molecular complexity index is 1020. The van der Waals surface area contributed by atoms with Crippen LogP contribution >= 0.6 is 11.8 Å². The molecule has 0 radical (unpaired) electrons. The van der Waals surface area contributed by atoms with Crippen molar-refractivity contribution >= 4 is 21.9 Å². The maximum absolute atomic E-state index is 12.2. The molecular weight excluding hydrogens is 445 g/mol. The molecule has 0 aliphatic carbocycles. The highest BCUT2D eigenvalue weighted by atomic mass is 32.2. The van der Waals surface area contributed by atoms with Gasteiger partial charge >= 0.3 is 15.6 Å². The summed E-state index contributed by atoms with van der Waals surface area (Å²) in [5.74, 6) is -0.303. The molecule has 0 amide bonds. The maximum Gasteiger partial charge on any atom is 0.534 e. The summed E-state index contributed by atoms with van der Waals surface area (Å²) in [4.78, 5) is 2.57. The van der Waals surface area contributed by atoms with Crippen molar-refractivity contribution in [2.75, 3.05) is 0 Å². The Hall–Kier alpha value is -2.45. The lowest BCUT2D eigenvalue weighted by Crippen LogP contribution is -2.29.